The summed E-state index contributed by atoms with van der Waals surface area (Å²) in [7, 11) is -3.78. The molecule has 0 saturated carbocycles. The van der Waals surface area contributed by atoms with E-state index >= 15 is 0 Å². The summed E-state index contributed by atoms with van der Waals surface area (Å²) in [5.41, 5.74) is 1.49. The lowest BCUT2D eigenvalue weighted by atomic mass is 10.2. The number of carbonyl (C=O) groups excluding carboxylic acids is 1. The summed E-state index contributed by atoms with van der Waals surface area (Å²) in [6.07, 6.45) is 2.60. The zero-order valence-corrected chi connectivity index (χ0v) is 18.7. The highest BCUT2D eigenvalue weighted by Gasteiger charge is 2.28. The minimum atomic E-state index is -3.78. The van der Waals surface area contributed by atoms with Crippen LogP contribution in [0.2, 0.25) is 5.02 Å². The van der Waals surface area contributed by atoms with Crippen molar-refractivity contribution in [2.45, 2.75) is 24.2 Å². The summed E-state index contributed by atoms with van der Waals surface area (Å²) in [6.45, 7) is 0.890. The van der Waals surface area contributed by atoms with Crippen LogP contribution in [0.5, 0.6) is 0 Å². The molecule has 1 aliphatic rings. The number of hydrogen-bond acceptors (Lipinski definition) is 5. The van der Waals surface area contributed by atoms with Gasteiger partial charge in [0.25, 0.3) is 5.91 Å². The smallest absolute Gasteiger partial charge is 0.257 e. The van der Waals surface area contributed by atoms with Gasteiger partial charge < -0.3 is 0 Å². The number of aromatic nitrogens is 1. The maximum Gasteiger partial charge on any atom is 0.257 e. The van der Waals surface area contributed by atoms with Gasteiger partial charge in [-0.15, -0.1) is 11.3 Å². The van der Waals surface area contributed by atoms with Crippen LogP contribution in [0.25, 0.3) is 11.3 Å². The van der Waals surface area contributed by atoms with Gasteiger partial charge in [-0.1, -0.05) is 18.0 Å². The molecule has 10 heteroatoms. The topological polar surface area (TPSA) is 79.4 Å². The molecule has 31 heavy (non-hydrogen) atoms. The molecular formula is C21H19ClFN3O3S2. The van der Waals surface area contributed by atoms with E-state index in [0.29, 0.717) is 23.9 Å². The highest BCUT2D eigenvalue weighted by Crippen LogP contribution is 2.29. The summed E-state index contributed by atoms with van der Waals surface area (Å²) in [5, 5.41) is 4.85. The molecule has 1 aromatic heterocycles. The minimum absolute atomic E-state index is 0.0742. The van der Waals surface area contributed by atoms with Gasteiger partial charge in [-0.3, -0.25) is 10.1 Å². The number of thiazole rings is 1. The van der Waals surface area contributed by atoms with E-state index in [0.717, 1.165) is 24.8 Å². The Morgan fingerprint density at radius 1 is 1.10 bits per heavy atom. The molecule has 2 aromatic carbocycles. The highest BCUT2D eigenvalue weighted by molar-refractivity contribution is 7.89. The number of anilines is 1. The Balaban J connectivity index is 1.54. The lowest BCUT2D eigenvalue weighted by Gasteiger charge is -2.26. The van der Waals surface area contributed by atoms with Crippen molar-refractivity contribution in [1.29, 1.82) is 0 Å². The van der Waals surface area contributed by atoms with E-state index < -0.39 is 15.9 Å². The predicted molar refractivity (Wildman–Crippen MR) is 120 cm³/mol. The third kappa shape index (κ3) is 4.79. The van der Waals surface area contributed by atoms with Crippen molar-refractivity contribution < 1.29 is 17.6 Å². The van der Waals surface area contributed by atoms with Crippen LogP contribution in [0.15, 0.2) is 52.7 Å². The van der Waals surface area contributed by atoms with Crippen molar-refractivity contribution in [2.24, 2.45) is 0 Å². The molecule has 0 unspecified atom stereocenters. The van der Waals surface area contributed by atoms with Crippen LogP contribution in [-0.2, 0) is 10.0 Å². The molecule has 0 bridgehead atoms. The van der Waals surface area contributed by atoms with E-state index in [1.54, 1.807) is 17.5 Å². The average Bonchev–Trinajstić information content (AvgIpc) is 3.23. The van der Waals surface area contributed by atoms with Gasteiger partial charge in [-0.2, -0.15) is 4.31 Å². The molecule has 3 aromatic rings. The molecule has 1 aliphatic heterocycles. The van der Waals surface area contributed by atoms with Gasteiger partial charge in [0.15, 0.2) is 5.13 Å². The normalized spacial score (nSPS) is 15.0. The van der Waals surface area contributed by atoms with E-state index in [2.05, 4.69) is 10.3 Å². The van der Waals surface area contributed by atoms with Gasteiger partial charge in [0.05, 0.1) is 10.7 Å². The van der Waals surface area contributed by atoms with E-state index in [9.17, 15) is 17.6 Å². The first-order chi connectivity index (χ1) is 14.8. The molecule has 0 atom stereocenters. The zero-order chi connectivity index (χ0) is 22.0. The molecule has 1 saturated heterocycles. The van der Waals surface area contributed by atoms with Crippen LogP contribution in [0.1, 0.15) is 29.6 Å². The van der Waals surface area contributed by atoms with Crippen molar-refractivity contribution >= 4 is 44.0 Å². The fourth-order valence-electron chi connectivity index (χ4n) is 3.34. The number of sulfonamides is 1. The molecule has 0 radical (unpaired) electrons. The maximum absolute atomic E-state index is 13.1. The number of carbonyl (C=O) groups is 1. The van der Waals surface area contributed by atoms with Crippen LogP contribution in [0, 0.1) is 5.82 Å². The average molecular weight is 480 g/mol. The number of hydrogen-bond donors (Lipinski definition) is 1. The van der Waals surface area contributed by atoms with Gasteiger partial charge in [0.1, 0.15) is 10.7 Å². The standard InChI is InChI=1S/C21H19ClFN3O3S2/c22-17-9-6-15(12-19(17)31(28,29)26-10-2-1-3-11-26)20(27)25-21-24-18(13-30-21)14-4-7-16(23)8-5-14/h4-9,12-13H,1-3,10-11H2,(H,24,25,27). The van der Waals surface area contributed by atoms with E-state index in [4.69, 9.17) is 11.6 Å². The monoisotopic (exact) mass is 479 g/mol. The quantitative estimate of drug-likeness (QED) is 0.556. The Labute approximate surface area is 188 Å². The third-order valence-electron chi connectivity index (χ3n) is 4.99. The summed E-state index contributed by atoms with van der Waals surface area (Å²) in [5.74, 6) is -0.836. The van der Waals surface area contributed by atoms with Crippen molar-refractivity contribution in [3.8, 4) is 11.3 Å². The molecule has 0 spiro atoms. The number of halogens is 2. The fraction of sp³-hybridized carbons (Fsp3) is 0.238. The van der Waals surface area contributed by atoms with Gasteiger partial charge in [-0.25, -0.2) is 17.8 Å². The van der Waals surface area contributed by atoms with Crippen molar-refractivity contribution in [2.75, 3.05) is 18.4 Å². The van der Waals surface area contributed by atoms with Gasteiger partial charge in [-0.05, 0) is 55.3 Å². The molecule has 6 nitrogen and oxygen atoms in total. The molecule has 4 rings (SSSR count). The molecule has 0 aliphatic carbocycles. The number of piperidine rings is 1. The first kappa shape index (κ1) is 21.9. The Morgan fingerprint density at radius 2 is 1.81 bits per heavy atom. The van der Waals surface area contributed by atoms with Crippen molar-refractivity contribution in [1.82, 2.24) is 9.29 Å². The van der Waals surface area contributed by atoms with Crippen molar-refractivity contribution in [3.05, 3.63) is 64.2 Å². The van der Waals surface area contributed by atoms with Crippen LogP contribution in [-0.4, -0.2) is 36.7 Å². The minimum Gasteiger partial charge on any atom is -0.298 e. The molecular weight excluding hydrogens is 461 g/mol. The number of nitrogens with one attached hydrogen (secondary N) is 1. The van der Waals surface area contributed by atoms with Gasteiger partial charge in [0, 0.05) is 29.6 Å². The number of amides is 1. The summed E-state index contributed by atoms with van der Waals surface area (Å²) in [4.78, 5) is 17.0. The van der Waals surface area contributed by atoms with E-state index in [-0.39, 0.29) is 21.3 Å². The SMILES string of the molecule is O=C(Nc1nc(-c2ccc(F)cc2)cs1)c1ccc(Cl)c(S(=O)(=O)N2CCCCC2)c1. The number of nitrogens with zero attached hydrogens (tertiary/aromatic N) is 2. The second kappa shape index (κ2) is 9.04. The van der Waals surface area contributed by atoms with E-state index in [1.807, 2.05) is 0 Å². The van der Waals surface area contributed by atoms with E-state index in [1.165, 1.54) is 46.0 Å². The zero-order valence-electron chi connectivity index (χ0n) is 16.3. The molecule has 1 fully saturated rings. The molecule has 1 N–H and O–H groups in total. The molecule has 1 amide bonds. The Kier molecular flexibility index (Phi) is 6.38. The van der Waals surface area contributed by atoms with Gasteiger partial charge >= 0.3 is 0 Å². The first-order valence-corrected chi connectivity index (χ1v) is 12.4. The number of rotatable bonds is 5. The number of benzene rings is 2. The predicted octanol–water partition coefficient (Wildman–Crippen LogP) is 5.03. The third-order valence-corrected chi connectivity index (χ3v) is 8.13. The Hall–Kier alpha value is -2.33. The Morgan fingerprint density at radius 3 is 2.52 bits per heavy atom. The second-order valence-corrected chi connectivity index (χ2v) is 10.3. The first-order valence-electron chi connectivity index (χ1n) is 9.67. The summed E-state index contributed by atoms with van der Waals surface area (Å²) < 4.78 is 40.5. The molecule has 162 valence electrons. The molecule has 2 heterocycles. The highest BCUT2D eigenvalue weighted by atomic mass is 35.5. The lowest BCUT2D eigenvalue weighted by Crippen LogP contribution is -2.35. The van der Waals surface area contributed by atoms with Gasteiger partial charge in [0.2, 0.25) is 10.0 Å². The largest absolute Gasteiger partial charge is 0.298 e. The summed E-state index contributed by atoms with van der Waals surface area (Å²) in [6, 6.07) is 10.1. The Bertz CT molecular complexity index is 1210. The maximum atomic E-state index is 13.1. The van der Waals surface area contributed by atoms with Crippen LogP contribution < -0.4 is 5.32 Å². The fourth-order valence-corrected chi connectivity index (χ4v) is 6.07. The van der Waals surface area contributed by atoms with Crippen molar-refractivity contribution in [3.63, 3.8) is 0 Å². The second-order valence-electron chi connectivity index (χ2n) is 7.11. The van der Waals surface area contributed by atoms with Crippen LogP contribution in [0.3, 0.4) is 0 Å². The van der Waals surface area contributed by atoms with Crippen LogP contribution in [0.4, 0.5) is 9.52 Å². The lowest BCUT2D eigenvalue weighted by molar-refractivity contribution is 0.102. The van der Waals surface area contributed by atoms with Crippen LogP contribution >= 0.6 is 22.9 Å². The summed E-state index contributed by atoms with van der Waals surface area (Å²) >= 11 is 7.39.